The lowest BCUT2D eigenvalue weighted by Crippen LogP contribution is -2.43. The zero-order valence-corrected chi connectivity index (χ0v) is 13.0. The van der Waals surface area contributed by atoms with Gasteiger partial charge in [0, 0.05) is 12.4 Å². The van der Waals surface area contributed by atoms with E-state index in [1.54, 1.807) is 4.90 Å². The number of nitrogens with zero attached hydrogens (tertiary/aromatic N) is 3. The molecule has 0 saturated carbocycles. The molecule has 6 nitrogen and oxygen atoms in total. The predicted molar refractivity (Wildman–Crippen MR) is 84.9 cm³/mol. The second kappa shape index (κ2) is 6.44. The summed E-state index contributed by atoms with van der Waals surface area (Å²) in [5.74, 6) is 0. The van der Waals surface area contributed by atoms with Gasteiger partial charge in [0.1, 0.15) is 6.10 Å². The minimum atomic E-state index is -0.258. The quantitative estimate of drug-likeness (QED) is 0.782. The van der Waals surface area contributed by atoms with Crippen LogP contribution < -0.4 is 9.91 Å². The average Bonchev–Trinajstić information content (AvgIpc) is 3.12. The number of aromatic nitrogens is 1. The Labute approximate surface area is 130 Å². The SMILES string of the molecule is C=C(C)CC[C@H]1CN(c2ccn(N3CCOCC3)c2)C(=O)O1. The van der Waals surface area contributed by atoms with Crippen LogP contribution in [0.4, 0.5) is 10.5 Å². The van der Waals surface area contributed by atoms with E-state index in [4.69, 9.17) is 9.47 Å². The van der Waals surface area contributed by atoms with Crippen molar-refractivity contribution in [1.82, 2.24) is 4.68 Å². The number of hydrogen-bond acceptors (Lipinski definition) is 4. The monoisotopic (exact) mass is 305 g/mol. The number of cyclic esters (lactones) is 1. The third-order valence-electron chi connectivity index (χ3n) is 4.06. The van der Waals surface area contributed by atoms with E-state index in [1.165, 1.54) is 0 Å². The number of carbonyl (C=O) groups is 1. The molecule has 3 rings (SSSR count). The average molecular weight is 305 g/mol. The van der Waals surface area contributed by atoms with E-state index >= 15 is 0 Å². The first-order chi connectivity index (χ1) is 10.6. The molecule has 2 fully saturated rings. The Morgan fingerprint density at radius 1 is 1.41 bits per heavy atom. The van der Waals surface area contributed by atoms with Gasteiger partial charge >= 0.3 is 6.09 Å². The predicted octanol–water partition coefficient (Wildman–Crippen LogP) is 2.14. The lowest BCUT2D eigenvalue weighted by Gasteiger charge is -2.29. The maximum Gasteiger partial charge on any atom is 0.414 e. The van der Waals surface area contributed by atoms with Crippen LogP contribution in [0.15, 0.2) is 30.6 Å². The highest BCUT2D eigenvalue weighted by Gasteiger charge is 2.32. The van der Waals surface area contributed by atoms with Gasteiger partial charge in [0.25, 0.3) is 0 Å². The van der Waals surface area contributed by atoms with Crippen LogP contribution in [0.3, 0.4) is 0 Å². The summed E-state index contributed by atoms with van der Waals surface area (Å²) in [5, 5.41) is 2.20. The van der Waals surface area contributed by atoms with Crippen LogP contribution in [0.2, 0.25) is 0 Å². The van der Waals surface area contributed by atoms with Gasteiger partial charge in [0.05, 0.1) is 38.5 Å². The molecule has 6 heteroatoms. The minimum Gasteiger partial charge on any atom is -0.444 e. The van der Waals surface area contributed by atoms with Gasteiger partial charge < -0.3 is 14.5 Å². The zero-order valence-electron chi connectivity index (χ0n) is 13.0. The molecule has 2 aliphatic rings. The van der Waals surface area contributed by atoms with Crippen molar-refractivity contribution < 1.29 is 14.3 Å². The number of morpholine rings is 1. The maximum atomic E-state index is 12.1. The Balaban J connectivity index is 1.63. The minimum absolute atomic E-state index is 0.0454. The number of rotatable bonds is 5. The molecule has 1 aromatic rings. The van der Waals surface area contributed by atoms with Gasteiger partial charge in [-0.1, -0.05) is 5.57 Å². The maximum absolute atomic E-state index is 12.1. The summed E-state index contributed by atoms with van der Waals surface area (Å²) in [7, 11) is 0. The topological polar surface area (TPSA) is 46.9 Å². The van der Waals surface area contributed by atoms with Gasteiger partial charge in [-0.2, -0.15) is 0 Å². The molecule has 0 bridgehead atoms. The zero-order chi connectivity index (χ0) is 15.5. The van der Waals surface area contributed by atoms with E-state index in [0.717, 1.165) is 50.4 Å². The summed E-state index contributed by atoms with van der Waals surface area (Å²) in [6.45, 7) is 9.70. The van der Waals surface area contributed by atoms with Crippen LogP contribution in [-0.4, -0.2) is 49.7 Å². The summed E-state index contributed by atoms with van der Waals surface area (Å²) in [6, 6.07) is 1.96. The number of amides is 1. The van der Waals surface area contributed by atoms with Crippen LogP contribution in [0.1, 0.15) is 19.8 Å². The smallest absolute Gasteiger partial charge is 0.414 e. The fraction of sp³-hybridized carbons (Fsp3) is 0.562. The molecule has 0 N–H and O–H groups in total. The lowest BCUT2D eigenvalue weighted by atomic mass is 10.1. The van der Waals surface area contributed by atoms with E-state index in [2.05, 4.69) is 11.6 Å². The molecule has 1 atom stereocenters. The molecule has 0 unspecified atom stereocenters. The highest BCUT2D eigenvalue weighted by atomic mass is 16.6. The summed E-state index contributed by atoms with van der Waals surface area (Å²) >= 11 is 0. The van der Waals surface area contributed by atoms with Gasteiger partial charge in [0.15, 0.2) is 0 Å². The highest BCUT2D eigenvalue weighted by molar-refractivity contribution is 5.89. The van der Waals surface area contributed by atoms with Crippen molar-refractivity contribution in [3.8, 4) is 0 Å². The van der Waals surface area contributed by atoms with Gasteiger partial charge in [-0.25, -0.2) is 4.79 Å². The van der Waals surface area contributed by atoms with E-state index in [1.807, 2.05) is 30.1 Å². The molecule has 0 spiro atoms. The molecular weight excluding hydrogens is 282 g/mol. The first-order valence-electron chi connectivity index (χ1n) is 7.77. The summed E-state index contributed by atoms with van der Waals surface area (Å²) in [4.78, 5) is 13.8. The van der Waals surface area contributed by atoms with Crippen molar-refractivity contribution >= 4 is 11.8 Å². The van der Waals surface area contributed by atoms with E-state index < -0.39 is 0 Å². The number of allylic oxidation sites excluding steroid dienone is 1. The van der Waals surface area contributed by atoms with E-state index in [-0.39, 0.29) is 12.2 Å². The molecule has 1 amide bonds. The normalized spacial score (nSPS) is 22.0. The molecule has 1 aromatic heterocycles. The van der Waals surface area contributed by atoms with Gasteiger partial charge in [-0.15, -0.1) is 6.58 Å². The molecule has 2 saturated heterocycles. The van der Waals surface area contributed by atoms with Crippen molar-refractivity contribution in [2.75, 3.05) is 42.8 Å². The second-order valence-corrected chi connectivity index (χ2v) is 5.93. The molecule has 2 aliphatic heterocycles. The number of carbonyl (C=O) groups excluding carboxylic acids is 1. The number of hydrogen-bond donors (Lipinski definition) is 0. The summed E-state index contributed by atoms with van der Waals surface area (Å²) < 4.78 is 12.8. The fourth-order valence-electron chi connectivity index (χ4n) is 2.78. The van der Waals surface area contributed by atoms with E-state index in [9.17, 15) is 4.79 Å². The lowest BCUT2D eigenvalue weighted by molar-refractivity contribution is 0.111. The Morgan fingerprint density at radius 3 is 2.91 bits per heavy atom. The first kappa shape index (κ1) is 15.0. The number of anilines is 1. The molecule has 120 valence electrons. The van der Waals surface area contributed by atoms with Crippen molar-refractivity contribution in [1.29, 1.82) is 0 Å². The Kier molecular flexibility index (Phi) is 4.38. The Hall–Kier alpha value is -1.95. The standard InChI is InChI=1S/C16H23N3O3/c1-13(2)3-4-15-12-19(16(20)22-15)14-5-6-18(11-14)17-7-9-21-10-8-17/h5-6,11,15H,1,3-4,7-10,12H2,2H3/t15-/m0/s1. The molecule has 0 aliphatic carbocycles. The van der Waals surface area contributed by atoms with Crippen LogP contribution in [0.5, 0.6) is 0 Å². The molecule has 3 heterocycles. The molecular formula is C16H23N3O3. The van der Waals surface area contributed by atoms with Crippen LogP contribution in [-0.2, 0) is 9.47 Å². The van der Waals surface area contributed by atoms with Crippen molar-refractivity contribution in [3.63, 3.8) is 0 Å². The van der Waals surface area contributed by atoms with Gasteiger partial charge in [0.2, 0.25) is 0 Å². The number of ether oxygens (including phenoxy) is 2. The molecule has 0 aromatic carbocycles. The largest absolute Gasteiger partial charge is 0.444 e. The summed E-state index contributed by atoms with van der Waals surface area (Å²) in [5.41, 5.74) is 2.00. The third-order valence-corrected chi connectivity index (χ3v) is 4.06. The van der Waals surface area contributed by atoms with Crippen molar-refractivity contribution in [3.05, 3.63) is 30.6 Å². The van der Waals surface area contributed by atoms with E-state index in [0.29, 0.717) is 6.54 Å². The molecule has 0 radical (unpaired) electrons. The second-order valence-electron chi connectivity index (χ2n) is 5.93. The van der Waals surface area contributed by atoms with Crippen molar-refractivity contribution in [2.45, 2.75) is 25.9 Å². The summed E-state index contributed by atoms with van der Waals surface area (Å²) in [6.07, 6.45) is 5.38. The Morgan fingerprint density at radius 2 is 2.18 bits per heavy atom. The first-order valence-corrected chi connectivity index (χ1v) is 7.77. The molecule has 22 heavy (non-hydrogen) atoms. The van der Waals surface area contributed by atoms with Gasteiger partial charge in [-0.05, 0) is 25.8 Å². The third kappa shape index (κ3) is 3.27. The van der Waals surface area contributed by atoms with Crippen molar-refractivity contribution in [2.24, 2.45) is 0 Å². The van der Waals surface area contributed by atoms with Crippen LogP contribution >= 0.6 is 0 Å². The van der Waals surface area contributed by atoms with Crippen LogP contribution in [0.25, 0.3) is 0 Å². The highest BCUT2D eigenvalue weighted by Crippen LogP contribution is 2.24. The van der Waals surface area contributed by atoms with Gasteiger partial charge in [-0.3, -0.25) is 9.58 Å². The Bertz CT molecular complexity index is 549. The van der Waals surface area contributed by atoms with Crippen LogP contribution in [0, 0.1) is 0 Å². The fourth-order valence-corrected chi connectivity index (χ4v) is 2.78.